The molecule has 2 atom stereocenters. The van der Waals surface area contributed by atoms with Gasteiger partial charge in [-0.2, -0.15) is 13.2 Å². The lowest BCUT2D eigenvalue weighted by atomic mass is 9.86. The quantitative estimate of drug-likeness (QED) is 0.761. The van der Waals surface area contributed by atoms with Gasteiger partial charge in [0.05, 0.1) is 5.56 Å². The Bertz CT molecular complexity index is 516. The molecular weight excluding hydrogens is 344 g/mol. The zero-order chi connectivity index (χ0) is 17.0. The zero-order valence-corrected chi connectivity index (χ0v) is 14.8. The summed E-state index contributed by atoms with van der Waals surface area (Å²) < 4.78 is 53.9. The van der Waals surface area contributed by atoms with Gasteiger partial charge in [0, 0.05) is 32.2 Å². The second-order valence-corrected chi connectivity index (χ2v) is 6.23. The maximum absolute atomic E-state index is 13.7. The molecule has 0 radical (unpaired) electrons. The lowest BCUT2D eigenvalue weighted by Gasteiger charge is -2.39. The van der Waals surface area contributed by atoms with Gasteiger partial charge in [0.15, 0.2) is 0 Å². The standard InChI is InChI=1S/C17H24F4N2.ClH/c1-3-4-12(2)16(23-9-7-22-8-10-23)14-11-13(18)5-6-15(14)17(19,20)21;/h5-6,11-12,16,22H,3-4,7-10H2,1-2H3;1H/t12?,16-;/m0./s1. The summed E-state index contributed by atoms with van der Waals surface area (Å²) in [5.41, 5.74) is -0.647. The number of hydrogen-bond acceptors (Lipinski definition) is 2. The molecule has 1 unspecified atom stereocenters. The van der Waals surface area contributed by atoms with E-state index in [0.29, 0.717) is 13.1 Å². The Morgan fingerprint density at radius 1 is 1.21 bits per heavy atom. The number of nitrogens with one attached hydrogen (secondary N) is 1. The Morgan fingerprint density at radius 2 is 1.83 bits per heavy atom. The number of benzene rings is 1. The minimum absolute atomic E-state index is 0. The summed E-state index contributed by atoms with van der Waals surface area (Å²) in [6, 6.07) is 2.43. The van der Waals surface area contributed by atoms with Gasteiger partial charge in [0.1, 0.15) is 5.82 Å². The molecule has 1 aromatic carbocycles. The molecule has 1 aliphatic rings. The Labute approximate surface area is 147 Å². The van der Waals surface area contributed by atoms with Crippen molar-refractivity contribution in [1.82, 2.24) is 10.2 Å². The first-order chi connectivity index (χ1) is 10.8. The van der Waals surface area contributed by atoms with Gasteiger partial charge in [-0.1, -0.05) is 20.3 Å². The molecule has 1 aliphatic heterocycles. The fraction of sp³-hybridized carbons (Fsp3) is 0.647. The number of halogens is 5. The molecule has 138 valence electrons. The van der Waals surface area contributed by atoms with Gasteiger partial charge >= 0.3 is 6.18 Å². The summed E-state index contributed by atoms with van der Waals surface area (Å²) in [6.45, 7) is 6.81. The monoisotopic (exact) mass is 368 g/mol. The van der Waals surface area contributed by atoms with E-state index in [4.69, 9.17) is 0 Å². The van der Waals surface area contributed by atoms with Gasteiger partial charge in [-0.25, -0.2) is 4.39 Å². The molecule has 1 saturated heterocycles. The fourth-order valence-corrected chi connectivity index (χ4v) is 3.47. The summed E-state index contributed by atoms with van der Waals surface area (Å²) in [6.07, 6.45) is -2.77. The van der Waals surface area contributed by atoms with Gasteiger partial charge < -0.3 is 5.32 Å². The number of rotatable bonds is 5. The molecule has 1 N–H and O–H groups in total. The van der Waals surface area contributed by atoms with Crippen molar-refractivity contribution < 1.29 is 17.6 Å². The van der Waals surface area contributed by atoms with E-state index >= 15 is 0 Å². The van der Waals surface area contributed by atoms with Crippen molar-refractivity contribution in [3.05, 3.63) is 35.1 Å². The van der Waals surface area contributed by atoms with Crippen LogP contribution in [0.2, 0.25) is 0 Å². The molecule has 2 rings (SSSR count). The predicted molar refractivity (Wildman–Crippen MR) is 89.9 cm³/mol. The molecule has 24 heavy (non-hydrogen) atoms. The highest BCUT2D eigenvalue weighted by Crippen LogP contribution is 2.40. The van der Waals surface area contributed by atoms with Gasteiger partial charge in [-0.05, 0) is 36.1 Å². The summed E-state index contributed by atoms with van der Waals surface area (Å²) >= 11 is 0. The minimum Gasteiger partial charge on any atom is -0.314 e. The van der Waals surface area contributed by atoms with Crippen molar-refractivity contribution in [2.24, 2.45) is 5.92 Å². The predicted octanol–water partition coefficient (Wildman–Crippen LogP) is 4.65. The third kappa shape index (κ3) is 5.07. The summed E-state index contributed by atoms with van der Waals surface area (Å²) in [4.78, 5) is 2.06. The van der Waals surface area contributed by atoms with Crippen LogP contribution >= 0.6 is 12.4 Å². The molecule has 0 aromatic heterocycles. The molecule has 2 nitrogen and oxygen atoms in total. The van der Waals surface area contributed by atoms with E-state index in [1.165, 1.54) is 0 Å². The van der Waals surface area contributed by atoms with Crippen LogP contribution < -0.4 is 5.32 Å². The van der Waals surface area contributed by atoms with Crippen molar-refractivity contribution in [3.8, 4) is 0 Å². The maximum Gasteiger partial charge on any atom is 0.416 e. The Kier molecular flexibility index (Phi) is 7.96. The van der Waals surface area contributed by atoms with Crippen LogP contribution in [0.4, 0.5) is 17.6 Å². The first-order valence-corrected chi connectivity index (χ1v) is 8.16. The van der Waals surface area contributed by atoms with Gasteiger partial charge in [-0.3, -0.25) is 4.90 Å². The third-order valence-electron chi connectivity index (χ3n) is 4.47. The smallest absolute Gasteiger partial charge is 0.314 e. The molecule has 0 aliphatic carbocycles. The Morgan fingerprint density at radius 3 is 2.38 bits per heavy atom. The first-order valence-electron chi connectivity index (χ1n) is 8.16. The number of hydrogen-bond donors (Lipinski definition) is 1. The first kappa shape index (κ1) is 21.2. The largest absolute Gasteiger partial charge is 0.416 e. The van der Waals surface area contributed by atoms with Gasteiger partial charge in [0.2, 0.25) is 0 Å². The van der Waals surface area contributed by atoms with E-state index in [1.807, 2.05) is 13.8 Å². The second-order valence-electron chi connectivity index (χ2n) is 6.23. The summed E-state index contributed by atoms with van der Waals surface area (Å²) in [5, 5.41) is 3.21. The molecule has 0 spiro atoms. The number of piperazine rings is 1. The highest BCUT2D eigenvalue weighted by atomic mass is 35.5. The van der Waals surface area contributed by atoms with Crippen LogP contribution in [0, 0.1) is 11.7 Å². The normalized spacial score (nSPS) is 18.8. The molecule has 0 amide bonds. The van der Waals surface area contributed by atoms with Crippen LogP contribution in [-0.2, 0) is 6.18 Å². The highest BCUT2D eigenvalue weighted by Gasteiger charge is 2.38. The second kappa shape index (κ2) is 9.02. The fourth-order valence-electron chi connectivity index (χ4n) is 3.47. The summed E-state index contributed by atoms with van der Waals surface area (Å²) in [7, 11) is 0. The molecule has 1 heterocycles. The van der Waals surface area contributed by atoms with Crippen LogP contribution in [0.1, 0.15) is 43.9 Å². The average Bonchev–Trinajstić information content (AvgIpc) is 2.47. The summed E-state index contributed by atoms with van der Waals surface area (Å²) in [5.74, 6) is -0.585. The number of nitrogens with zero attached hydrogens (tertiary/aromatic N) is 1. The zero-order valence-electron chi connectivity index (χ0n) is 14.0. The van der Waals surface area contributed by atoms with E-state index in [0.717, 1.165) is 44.1 Å². The van der Waals surface area contributed by atoms with Crippen molar-refractivity contribution >= 4 is 12.4 Å². The van der Waals surface area contributed by atoms with Gasteiger partial charge in [-0.15, -0.1) is 12.4 Å². The molecule has 0 bridgehead atoms. The van der Waals surface area contributed by atoms with E-state index in [2.05, 4.69) is 10.2 Å². The van der Waals surface area contributed by atoms with E-state index < -0.39 is 23.6 Å². The van der Waals surface area contributed by atoms with E-state index in [-0.39, 0.29) is 23.9 Å². The van der Waals surface area contributed by atoms with Crippen LogP contribution in [0.25, 0.3) is 0 Å². The lowest BCUT2D eigenvalue weighted by molar-refractivity contribution is -0.139. The van der Waals surface area contributed by atoms with Crippen LogP contribution in [0.5, 0.6) is 0 Å². The minimum atomic E-state index is -4.47. The Balaban J connectivity index is 0.00000288. The van der Waals surface area contributed by atoms with Crippen molar-refractivity contribution in [3.63, 3.8) is 0 Å². The maximum atomic E-state index is 13.7. The highest BCUT2D eigenvalue weighted by molar-refractivity contribution is 5.85. The van der Waals surface area contributed by atoms with E-state index in [1.54, 1.807) is 0 Å². The topological polar surface area (TPSA) is 15.3 Å². The molecule has 1 fully saturated rings. The van der Waals surface area contributed by atoms with Crippen molar-refractivity contribution in [2.75, 3.05) is 26.2 Å². The van der Waals surface area contributed by atoms with E-state index in [9.17, 15) is 17.6 Å². The van der Waals surface area contributed by atoms with Crippen molar-refractivity contribution in [2.45, 2.75) is 38.9 Å². The van der Waals surface area contributed by atoms with Crippen LogP contribution in [-0.4, -0.2) is 31.1 Å². The molecule has 1 aromatic rings. The van der Waals surface area contributed by atoms with Gasteiger partial charge in [0.25, 0.3) is 0 Å². The molecule has 0 saturated carbocycles. The van der Waals surface area contributed by atoms with Crippen LogP contribution in [0.3, 0.4) is 0 Å². The average molecular weight is 369 g/mol. The number of alkyl halides is 3. The lowest BCUT2D eigenvalue weighted by Crippen LogP contribution is -2.47. The Hall–Kier alpha value is -0.850. The molecule has 7 heteroatoms. The van der Waals surface area contributed by atoms with Crippen LogP contribution in [0.15, 0.2) is 18.2 Å². The molecular formula is C17H25ClF4N2. The van der Waals surface area contributed by atoms with Crippen molar-refractivity contribution in [1.29, 1.82) is 0 Å². The SMILES string of the molecule is CCCC(C)[C@@H](c1cc(F)ccc1C(F)(F)F)N1CCNCC1.Cl. The third-order valence-corrected chi connectivity index (χ3v) is 4.47.